The van der Waals surface area contributed by atoms with Crippen molar-refractivity contribution >= 4 is 5.78 Å². The summed E-state index contributed by atoms with van der Waals surface area (Å²) in [6.07, 6.45) is 3.65. The van der Waals surface area contributed by atoms with Crippen molar-refractivity contribution in [2.24, 2.45) is 10.8 Å². The van der Waals surface area contributed by atoms with Crippen molar-refractivity contribution in [1.29, 1.82) is 0 Å². The molecule has 0 saturated heterocycles. The molecule has 1 fully saturated rings. The maximum absolute atomic E-state index is 11.9. The van der Waals surface area contributed by atoms with Crippen LogP contribution in [-0.4, -0.2) is 5.78 Å². The van der Waals surface area contributed by atoms with Gasteiger partial charge in [0.15, 0.2) is 0 Å². The molecule has 0 bridgehead atoms. The van der Waals surface area contributed by atoms with E-state index in [0.717, 1.165) is 25.7 Å². The molecule has 0 heterocycles. The van der Waals surface area contributed by atoms with Crippen LogP contribution >= 0.6 is 0 Å². The SMILES string of the molecule is CC1(C)CC(=O)CC(C)(Cc2ccccc2)C1. The van der Waals surface area contributed by atoms with Gasteiger partial charge in [-0.1, -0.05) is 51.1 Å². The average Bonchev–Trinajstić information content (AvgIpc) is 2.13. The van der Waals surface area contributed by atoms with E-state index in [1.165, 1.54) is 5.56 Å². The normalized spacial score (nSPS) is 28.1. The molecule has 1 atom stereocenters. The number of carbonyl (C=O) groups excluding carboxylic acids is 1. The minimum atomic E-state index is 0.139. The van der Waals surface area contributed by atoms with Gasteiger partial charge in [-0.3, -0.25) is 4.79 Å². The van der Waals surface area contributed by atoms with E-state index in [2.05, 4.69) is 45.0 Å². The van der Waals surface area contributed by atoms with Gasteiger partial charge in [0.2, 0.25) is 0 Å². The number of Topliss-reactive ketones (excluding diaryl/α,β-unsaturated/α-hetero) is 1. The molecule has 0 amide bonds. The van der Waals surface area contributed by atoms with Crippen LogP contribution in [0, 0.1) is 10.8 Å². The monoisotopic (exact) mass is 230 g/mol. The van der Waals surface area contributed by atoms with Crippen LogP contribution in [0.15, 0.2) is 30.3 Å². The van der Waals surface area contributed by atoms with Crippen molar-refractivity contribution in [3.05, 3.63) is 35.9 Å². The van der Waals surface area contributed by atoms with E-state index in [1.807, 2.05) is 6.07 Å². The predicted octanol–water partition coefficient (Wildman–Crippen LogP) is 4.01. The fourth-order valence-corrected chi connectivity index (χ4v) is 3.57. The molecule has 1 saturated carbocycles. The topological polar surface area (TPSA) is 17.1 Å². The molecule has 1 unspecified atom stereocenters. The van der Waals surface area contributed by atoms with Gasteiger partial charge >= 0.3 is 0 Å². The van der Waals surface area contributed by atoms with E-state index in [4.69, 9.17) is 0 Å². The molecule has 2 rings (SSSR count). The number of hydrogen-bond donors (Lipinski definition) is 0. The van der Waals surface area contributed by atoms with Crippen LogP contribution < -0.4 is 0 Å². The second kappa shape index (κ2) is 4.29. The molecule has 1 aliphatic carbocycles. The first-order valence-corrected chi connectivity index (χ1v) is 6.44. The minimum absolute atomic E-state index is 0.139. The van der Waals surface area contributed by atoms with Crippen LogP contribution in [0.25, 0.3) is 0 Å². The molecule has 1 aromatic carbocycles. The predicted molar refractivity (Wildman–Crippen MR) is 70.9 cm³/mol. The summed E-state index contributed by atoms with van der Waals surface area (Å²) >= 11 is 0. The molecule has 17 heavy (non-hydrogen) atoms. The summed E-state index contributed by atoms with van der Waals surface area (Å²) in [5.74, 6) is 0.430. The molecule has 0 N–H and O–H groups in total. The molecule has 0 radical (unpaired) electrons. The van der Waals surface area contributed by atoms with Crippen LogP contribution in [0.4, 0.5) is 0 Å². The Labute approximate surface area is 104 Å². The van der Waals surface area contributed by atoms with Crippen LogP contribution in [0.1, 0.15) is 45.6 Å². The quantitative estimate of drug-likeness (QED) is 0.750. The first-order valence-electron chi connectivity index (χ1n) is 6.44. The smallest absolute Gasteiger partial charge is 0.133 e. The Morgan fingerprint density at radius 2 is 1.71 bits per heavy atom. The van der Waals surface area contributed by atoms with Gasteiger partial charge in [-0.25, -0.2) is 0 Å². The van der Waals surface area contributed by atoms with E-state index in [1.54, 1.807) is 0 Å². The number of rotatable bonds is 2. The second-order valence-electron chi connectivity index (χ2n) is 6.71. The van der Waals surface area contributed by atoms with E-state index >= 15 is 0 Å². The Bertz CT molecular complexity index is 405. The highest BCUT2D eigenvalue weighted by molar-refractivity contribution is 5.80. The van der Waals surface area contributed by atoms with E-state index in [-0.39, 0.29) is 10.8 Å². The van der Waals surface area contributed by atoms with Gasteiger partial charge in [-0.05, 0) is 29.2 Å². The molecule has 0 spiro atoms. The minimum Gasteiger partial charge on any atom is -0.300 e. The largest absolute Gasteiger partial charge is 0.300 e. The fourth-order valence-electron chi connectivity index (χ4n) is 3.57. The Morgan fingerprint density at radius 1 is 1.06 bits per heavy atom. The van der Waals surface area contributed by atoms with E-state index in [0.29, 0.717) is 5.78 Å². The number of ketones is 1. The zero-order valence-corrected chi connectivity index (χ0v) is 11.1. The maximum atomic E-state index is 11.9. The molecule has 0 aliphatic heterocycles. The number of benzene rings is 1. The summed E-state index contributed by atoms with van der Waals surface area (Å²) < 4.78 is 0. The first kappa shape index (κ1) is 12.3. The molecular formula is C16H22O. The zero-order chi connectivity index (χ0) is 12.5. The molecule has 1 nitrogen and oxygen atoms in total. The van der Waals surface area contributed by atoms with Crippen LogP contribution in [0.3, 0.4) is 0 Å². The van der Waals surface area contributed by atoms with Crippen molar-refractivity contribution in [2.45, 2.75) is 46.5 Å². The lowest BCUT2D eigenvalue weighted by atomic mass is 9.62. The zero-order valence-electron chi connectivity index (χ0n) is 11.1. The van der Waals surface area contributed by atoms with Gasteiger partial charge in [0.05, 0.1) is 0 Å². The van der Waals surface area contributed by atoms with Crippen molar-refractivity contribution in [2.75, 3.05) is 0 Å². The standard InChI is InChI=1S/C16H22O/c1-15(2)10-14(17)11-16(3,12-15)9-13-7-5-4-6-8-13/h4-8H,9-12H2,1-3H3. The Morgan fingerprint density at radius 3 is 2.29 bits per heavy atom. The first-order chi connectivity index (χ1) is 7.89. The average molecular weight is 230 g/mol. The van der Waals surface area contributed by atoms with Gasteiger partial charge in [-0.2, -0.15) is 0 Å². The van der Waals surface area contributed by atoms with Crippen LogP contribution in [-0.2, 0) is 11.2 Å². The summed E-state index contributed by atoms with van der Waals surface area (Å²) in [6.45, 7) is 6.69. The molecule has 1 aromatic rings. The molecule has 92 valence electrons. The summed E-state index contributed by atoms with van der Waals surface area (Å²) in [5, 5.41) is 0. The van der Waals surface area contributed by atoms with Gasteiger partial charge in [0.25, 0.3) is 0 Å². The number of hydrogen-bond acceptors (Lipinski definition) is 1. The Kier molecular flexibility index (Phi) is 3.11. The lowest BCUT2D eigenvalue weighted by Gasteiger charge is -2.42. The highest BCUT2D eigenvalue weighted by Crippen LogP contribution is 2.46. The van der Waals surface area contributed by atoms with Crippen molar-refractivity contribution in [1.82, 2.24) is 0 Å². The highest BCUT2D eigenvalue weighted by atomic mass is 16.1. The Balaban J connectivity index is 2.16. The summed E-state index contributed by atoms with van der Waals surface area (Å²) in [7, 11) is 0. The molecule has 1 heteroatoms. The summed E-state index contributed by atoms with van der Waals surface area (Å²) in [5.41, 5.74) is 1.65. The van der Waals surface area contributed by atoms with Gasteiger partial charge in [0.1, 0.15) is 5.78 Å². The van der Waals surface area contributed by atoms with Crippen LogP contribution in [0.2, 0.25) is 0 Å². The van der Waals surface area contributed by atoms with Gasteiger partial charge < -0.3 is 0 Å². The molecular weight excluding hydrogens is 208 g/mol. The lowest BCUT2D eigenvalue weighted by Crippen LogP contribution is -2.37. The third kappa shape index (κ3) is 3.18. The Hall–Kier alpha value is -1.11. The van der Waals surface area contributed by atoms with Crippen molar-refractivity contribution in [3.8, 4) is 0 Å². The fraction of sp³-hybridized carbons (Fsp3) is 0.562. The summed E-state index contributed by atoms with van der Waals surface area (Å²) in [6, 6.07) is 10.5. The van der Waals surface area contributed by atoms with Crippen molar-refractivity contribution < 1.29 is 4.79 Å². The second-order valence-corrected chi connectivity index (χ2v) is 6.71. The number of carbonyl (C=O) groups is 1. The third-order valence-corrected chi connectivity index (χ3v) is 3.68. The lowest BCUT2D eigenvalue weighted by molar-refractivity contribution is -0.127. The maximum Gasteiger partial charge on any atom is 0.133 e. The van der Waals surface area contributed by atoms with E-state index < -0.39 is 0 Å². The molecule has 1 aliphatic rings. The molecule has 0 aromatic heterocycles. The summed E-state index contributed by atoms with van der Waals surface area (Å²) in [4.78, 5) is 11.9. The van der Waals surface area contributed by atoms with E-state index in [9.17, 15) is 4.79 Å². The third-order valence-electron chi connectivity index (χ3n) is 3.68. The van der Waals surface area contributed by atoms with Gasteiger partial charge in [0, 0.05) is 12.8 Å². The van der Waals surface area contributed by atoms with Gasteiger partial charge in [-0.15, -0.1) is 0 Å². The van der Waals surface area contributed by atoms with Crippen molar-refractivity contribution in [3.63, 3.8) is 0 Å². The highest BCUT2D eigenvalue weighted by Gasteiger charge is 2.40. The van der Waals surface area contributed by atoms with Crippen LogP contribution in [0.5, 0.6) is 0 Å².